The van der Waals surface area contributed by atoms with Crippen molar-refractivity contribution < 1.29 is 4.79 Å². The van der Waals surface area contributed by atoms with E-state index in [1.54, 1.807) is 4.68 Å². The van der Waals surface area contributed by atoms with Crippen molar-refractivity contribution in [3.05, 3.63) is 47.8 Å². The molecular weight excluding hydrogens is 318 g/mol. The first-order valence-corrected chi connectivity index (χ1v) is 9.47. The number of piperidine rings is 1. The highest BCUT2D eigenvalue weighted by atomic mass is 32.2. The summed E-state index contributed by atoms with van der Waals surface area (Å²) in [7, 11) is 1.90. The molecule has 0 spiro atoms. The molecule has 128 valence electrons. The molecule has 3 rings (SSSR count). The van der Waals surface area contributed by atoms with E-state index in [1.807, 2.05) is 36.1 Å². The molecule has 0 bridgehead atoms. The van der Waals surface area contributed by atoms with Crippen LogP contribution in [0.1, 0.15) is 30.4 Å². The van der Waals surface area contributed by atoms with Gasteiger partial charge in [-0.15, -0.1) is 11.8 Å². The monoisotopic (exact) mass is 343 g/mol. The molecule has 4 nitrogen and oxygen atoms in total. The molecule has 5 heteroatoms. The van der Waals surface area contributed by atoms with Crippen LogP contribution in [0.2, 0.25) is 0 Å². The molecule has 1 aromatic carbocycles. The van der Waals surface area contributed by atoms with E-state index in [-0.39, 0.29) is 5.91 Å². The van der Waals surface area contributed by atoms with Gasteiger partial charge >= 0.3 is 0 Å². The lowest BCUT2D eigenvalue weighted by atomic mass is 10.1. The zero-order valence-corrected chi connectivity index (χ0v) is 15.3. The molecule has 2 aromatic rings. The van der Waals surface area contributed by atoms with Crippen molar-refractivity contribution in [2.24, 2.45) is 7.05 Å². The second kappa shape index (κ2) is 7.88. The minimum atomic E-state index is 0.276. The number of nitrogens with zero attached hydrogens (tertiary/aromatic N) is 3. The Hall–Kier alpha value is -1.75. The highest BCUT2D eigenvalue weighted by Gasteiger charge is 2.23. The third kappa shape index (κ3) is 4.63. The van der Waals surface area contributed by atoms with Gasteiger partial charge in [0.1, 0.15) is 0 Å². The predicted molar refractivity (Wildman–Crippen MR) is 98.2 cm³/mol. The lowest BCUT2D eigenvalue weighted by Gasteiger charge is -2.31. The van der Waals surface area contributed by atoms with Gasteiger partial charge in [0.15, 0.2) is 0 Å². The topological polar surface area (TPSA) is 38.1 Å². The van der Waals surface area contributed by atoms with Gasteiger partial charge in [-0.2, -0.15) is 5.10 Å². The van der Waals surface area contributed by atoms with Crippen LogP contribution in [0, 0.1) is 6.92 Å². The molecule has 2 heterocycles. The lowest BCUT2D eigenvalue weighted by Crippen LogP contribution is -2.39. The SMILES string of the molecule is Cc1cccc(SC2CCN(C(=O)CCc3cnn(C)c3)CC2)c1. The van der Waals surface area contributed by atoms with Crippen molar-refractivity contribution in [2.75, 3.05) is 13.1 Å². The van der Waals surface area contributed by atoms with Crippen LogP contribution >= 0.6 is 11.8 Å². The molecule has 1 aliphatic heterocycles. The number of carbonyl (C=O) groups is 1. The highest BCUT2D eigenvalue weighted by Crippen LogP contribution is 2.30. The van der Waals surface area contributed by atoms with Crippen LogP contribution in [0.4, 0.5) is 0 Å². The maximum atomic E-state index is 12.4. The Morgan fingerprint density at radius 2 is 2.12 bits per heavy atom. The largest absolute Gasteiger partial charge is 0.343 e. The Kier molecular flexibility index (Phi) is 5.61. The number of benzene rings is 1. The second-order valence-corrected chi connectivity index (χ2v) is 7.91. The number of rotatable bonds is 5. The zero-order chi connectivity index (χ0) is 16.9. The Balaban J connectivity index is 1.43. The summed E-state index contributed by atoms with van der Waals surface area (Å²) in [5.74, 6) is 0.276. The first-order valence-electron chi connectivity index (χ1n) is 8.59. The van der Waals surface area contributed by atoms with E-state index in [0.717, 1.165) is 37.9 Å². The summed E-state index contributed by atoms with van der Waals surface area (Å²) in [5.41, 5.74) is 2.44. The average molecular weight is 343 g/mol. The number of aryl methyl sites for hydroxylation is 3. The Morgan fingerprint density at radius 1 is 1.33 bits per heavy atom. The van der Waals surface area contributed by atoms with E-state index in [9.17, 15) is 4.79 Å². The van der Waals surface area contributed by atoms with Crippen LogP contribution in [0.3, 0.4) is 0 Å². The molecule has 24 heavy (non-hydrogen) atoms. The van der Waals surface area contributed by atoms with E-state index in [1.165, 1.54) is 10.5 Å². The summed E-state index contributed by atoms with van der Waals surface area (Å²) in [6.07, 6.45) is 7.36. The quantitative estimate of drug-likeness (QED) is 0.835. The summed E-state index contributed by atoms with van der Waals surface area (Å²) in [6.45, 7) is 3.90. The number of aromatic nitrogens is 2. The van der Waals surface area contributed by atoms with Crippen LogP contribution in [0.5, 0.6) is 0 Å². The number of hydrogen-bond donors (Lipinski definition) is 0. The van der Waals surface area contributed by atoms with E-state index in [0.29, 0.717) is 11.7 Å². The average Bonchev–Trinajstić information content (AvgIpc) is 2.99. The Bertz CT molecular complexity index is 689. The van der Waals surface area contributed by atoms with Gasteiger partial charge < -0.3 is 4.90 Å². The molecule has 0 aliphatic carbocycles. The summed E-state index contributed by atoms with van der Waals surface area (Å²) < 4.78 is 1.79. The highest BCUT2D eigenvalue weighted by molar-refractivity contribution is 8.00. The summed E-state index contributed by atoms with van der Waals surface area (Å²) in [6, 6.07) is 8.68. The number of hydrogen-bond acceptors (Lipinski definition) is 3. The minimum absolute atomic E-state index is 0.276. The fourth-order valence-corrected chi connectivity index (χ4v) is 4.36. The molecule has 0 radical (unpaired) electrons. The van der Waals surface area contributed by atoms with Gasteiger partial charge in [-0.05, 0) is 43.9 Å². The molecule has 1 aromatic heterocycles. The first kappa shape index (κ1) is 17.1. The van der Waals surface area contributed by atoms with Crippen LogP contribution in [-0.4, -0.2) is 38.9 Å². The van der Waals surface area contributed by atoms with E-state index in [4.69, 9.17) is 0 Å². The van der Waals surface area contributed by atoms with Crippen molar-refractivity contribution in [3.63, 3.8) is 0 Å². The summed E-state index contributed by atoms with van der Waals surface area (Å²) in [5, 5.41) is 4.77. The van der Waals surface area contributed by atoms with Crippen molar-refractivity contribution in [2.45, 2.75) is 42.8 Å². The van der Waals surface area contributed by atoms with E-state index >= 15 is 0 Å². The Labute approximate surface area is 148 Å². The molecule has 0 unspecified atom stereocenters. The number of amides is 1. The van der Waals surface area contributed by atoms with Crippen LogP contribution < -0.4 is 0 Å². The maximum absolute atomic E-state index is 12.4. The zero-order valence-electron chi connectivity index (χ0n) is 14.4. The molecule has 1 saturated heterocycles. The van der Waals surface area contributed by atoms with Gasteiger partial charge in [0.25, 0.3) is 0 Å². The fourth-order valence-electron chi connectivity index (χ4n) is 3.11. The minimum Gasteiger partial charge on any atom is -0.343 e. The van der Waals surface area contributed by atoms with Gasteiger partial charge in [0, 0.05) is 42.9 Å². The lowest BCUT2D eigenvalue weighted by molar-refractivity contribution is -0.131. The molecule has 1 amide bonds. The van der Waals surface area contributed by atoms with Gasteiger partial charge in [0.2, 0.25) is 5.91 Å². The Morgan fingerprint density at radius 3 is 2.79 bits per heavy atom. The molecule has 0 saturated carbocycles. The third-order valence-corrected chi connectivity index (χ3v) is 5.80. The van der Waals surface area contributed by atoms with Crippen molar-refractivity contribution >= 4 is 17.7 Å². The van der Waals surface area contributed by atoms with Gasteiger partial charge in [0.05, 0.1) is 6.20 Å². The van der Waals surface area contributed by atoms with Gasteiger partial charge in [-0.25, -0.2) is 0 Å². The van der Waals surface area contributed by atoms with E-state index < -0.39 is 0 Å². The van der Waals surface area contributed by atoms with Crippen molar-refractivity contribution in [1.29, 1.82) is 0 Å². The number of carbonyl (C=O) groups excluding carboxylic acids is 1. The standard InChI is InChI=1S/C19H25N3OS/c1-15-4-3-5-18(12-15)24-17-8-10-22(11-9-17)19(23)7-6-16-13-20-21(2)14-16/h3-5,12-14,17H,6-11H2,1-2H3. The second-order valence-electron chi connectivity index (χ2n) is 6.54. The molecule has 0 N–H and O–H groups in total. The number of likely N-dealkylation sites (tertiary alicyclic amines) is 1. The smallest absolute Gasteiger partial charge is 0.222 e. The van der Waals surface area contributed by atoms with Crippen LogP contribution in [0.15, 0.2) is 41.6 Å². The normalized spacial score (nSPS) is 15.7. The van der Waals surface area contributed by atoms with Gasteiger partial charge in [-0.3, -0.25) is 9.48 Å². The molecular formula is C19H25N3OS. The maximum Gasteiger partial charge on any atom is 0.222 e. The fraction of sp³-hybridized carbons (Fsp3) is 0.474. The number of thioether (sulfide) groups is 1. The van der Waals surface area contributed by atoms with Crippen molar-refractivity contribution in [3.8, 4) is 0 Å². The van der Waals surface area contributed by atoms with Gasteiger partial charge in [-0.1, -0.05) is 17.7 Å². The van der Waals surface area contributed by atoms with Crippen LogP contribution in [0.25, 0.3) is 0 Å². The summed E-state index contributed by atoms with van der Waals surface area (Å²) in [4.78, 5) is 15.8. The first-order chi connectivity index (χ1) is 11.6. The third-order valence-electron chi connectivity index (χ3n) is 4.47. The predicted octanol–water partition coefficient (Wildman–Crippen LogP) is 3.44. The van der Waals surface area contributed by atoms with Crippen LogP contribution in [-0.2, 0) is 18.3 Å². The van der Waals surface area contributed by atoms with E-state index in [2.05, 4.69) is 36.3 Å². The molecule has 1 fully saturated rings. The summed E-state index contributed by atoms with van der Waals surface area (Å²) >= 11 is 1.96. The molecule has 1 aliphatic rings. The molecule has 0 atom stereocenters. The van der Waals surface area contributed by atoms with Crippen molar-refractivity contribution in [1.82, 2.24) is 14.7 Å².